The van der Waals surface area contributed by atoms with Crippen LogP contribution in [0.15, 0.2) is 29.2 Å². The van der Waals surface area contributed by atoms with Gasteiger partial charge >= 0.3 is 0 Å². The van der Waals surface area contributed by atoms with Gasteiger partial charge in [0.15, 0.2) is 0 Å². The van der Waals surface area contributed by atoms with Crippen LogP contribution in [0.5, 0.6) is 0 Å². The van der Waals surface area contributed by atoms with Gasteiger partial charge in [-0.25, -0.2) is 8.42 Å². The lowest BCUT2D eigenvalue weighted by molar-refractivity contribution is 0.0604. The average molecular weight is 312 g/mol. The first-order chi connectivity index (χ1) is 10.1. The van der Waals surface area contributed by atoms with E-state index in [0.29, 0.717) is 18.0 Å². The number of ether oxygens (including phenoxy) is 1. The molecule has 1 saturated heterocycles. The normalized spacial score (nSPS) is 18.0. The van der Waals surface area contributed by atoms with Gasteiger partial charge in [-0.05, 0) is 37.1 Å². The number of piperidine rings is 1. The molecule has 0 saturated carbocycles. The lowest BCUT2D eigenvalue weighted by Crippen LogP contribution is -2.40. The predicted octanol–water partition coefficient (Wildman–Crippen LogP) is 1.60. The van der Waals surface area contributed by atoms with Crippen molar-refractivity contribution in [3.8, 4) is 0 Å². The molecule has 1 aromatic rings. The van der Waals surface area contributed by atoms with E-state index in [9.17, 15) is 8.42 Å². The third-order valence-electron chi connectivity index (χ3n) is 3.87. The van der Waals surface area contributed by atoms with E-state index in [1.807, 2.05) is 19.1 Å². The van der Waals surface area contributed by atoms with Crippen molar-refractivity contribution in [3.63, 3.8) is 0 Å². The summed E-state index contributed by atoms with van der Waals surface area (Å²) in [5, 5.41) is 3.22. The van der Waals surface area contributed by atoms with Crippen LogP contribution in [0.4, 0.5) is 0 Å². The van der Waals surface area contributed by atoms with Crippen molar-refractivity contribution in [3.05, 3.63) is 29.8 Å². The van der Waals surface area contributed by atoms with Crippen LogP contribution < -0.4 is 5.32 Å². The van der Waals surface area contributed by atoms with Crippen molar-refractivity contribution in [2.75, 3.05) is 26.7 Å². The zero-order chi connectivity index (χ0) is 15.3. The van der Waals surface area contributed by atoms with Gasteiger partial charge in [-0.3, -0.25) is 0 Å². The number of nitrogens with zero attached hydrogens (tertiary/aromatic N) is 1. The maximum atomic E-state index is 12.6. The smallest absolute Gasteiger partial charge is 0.243 e. The van der Waals surface area contributed by atoms with Gasteiger partial charge in [-0.15, -0.1) is 0 Å². The van der Waals surface area contributed by atoms with Gasteiger partial charge in [0.25, 0.3) is 0 Å². The van der Waals surface area contributed by atoms with Gasteiger partial charge in [0.2, 0.25) is 10.0 Å². The molecule has 1 fully saturated rings. The summed E-state index contributed by atoms with van der Waals surface area (Å²) < 4.78 is 32.0. The Hall–Kier alpha value is -0.950. The van der Waals surface area contributed by atoms with Crippen LogP contribution in [0, 0.1) is 0 Å². The number of nitrogens with one attached hydrogen (secondary N) is 1. The number of methoxy groups -OCH3 is 1. The molecule has 1 aromatic carbocycles. The zero-order valence-electron chi connectivity index (χ0n) is 12.7. The Labute approximate surface area is 127 Å². The third-order valence-corrected chi connectivity index (χ3v) is 5.79. The van der Waals surface area contributed by atoms with Crippen LogP contribution >= 0.6 is 0 Å². The fourth-order valence-electron chi connectivity index (χ4n) is 2.51. The fourth-order valence-corrected chi connectivity index (χ4v) is 3.98. The highest BCUT2D eigenvalue weighted by atomic mass is 32.2. The molecule has 118 valence electrons. The van der Waals surface area contributed by atoms with Crippen molar-refractivity contribution >= 4 is 10.0 Å². The lowest BCUT2D eigenvalue weighted by atomic mass is 10.1. The highest BCUT2D eigenvalue weighted by Gasteiger charge is 2.29. The Morgan fingerprint density at radius 2 is 1.86 bits per heavy atom. The van der Waals surface area contributed by atoms with E-state index >= 15 is 0 Å². The molecule has 5 nitrogen and oxygen atoms in total. The van der Waals surface area contributed by atoms with Gasteiger partial charge in [0, 0.05) is 26.7 Å². The zero-order valence-corrected chi connectivity index (χ0v) is 13.5. The molecule has 0 bridgehead atoms. The van der Waals surface area contributed by atoms with E-state index in [4.69, 9.17) is 4.74 Å². The topological polar surface area (TPSA) is 58.6 Å². The molecule has 1 aliphatic rings. The molecule has 0 aromatic heterocycles. The fraction of sp³-hybridized carbons (Fsp3) is 0.600. The molecule has 0 spiro atoms. The third kappa shape index (κ3) is 4.03. The summed E-state index contributed by atoms with van der Waals surface area (Å²) in [6, 6.07) is 7.14. The van der Waals surface area contributed by atoms with Crippen molar-refractivity contribution in [2.24, 2.45) is 0 Å². The summed E-state index contributed by atoms with van der Waals surface area (Å²) in [6.45, 7) is 4.76. The second kappa shape index (κ2) is 7.35. The summed E-state index contributed by atoms with van der Waals surface area (Å²) >= 11 is 0. The van der Waals surface area contributed by atoms with Gasteiger partial charge in [0.1, 0.15) is 0 Å². The molecule has 0 atom stereocenters. The Morgan fingerprint density at radius 1 is 1.24 bits per heavy atom. The SMILES string of the molecule is CCNCc1ccc(S(=O)(=O)N2CCC(OC)CC2)cc1. The molecule has 1 heterocycles. The first kappa shape index (κ1) is 16.4. The first-order valence-electron chi connectivity index (χ1n) is 7.40. The first-order valence-corrected chi connectivity index (χ1v) is 8.84. The molecule has 21 heavy (non-hydrogen) atoms. The molecule has 6 heteroatoms. The molecule has 2 rings (SSSR count). The Balaban J connectivity index is 2.05. The molecule has 0 amide bonds. The second-order valence-corrected chi connectivity index (χ2v) is 7.20. The van der Waals surface area contributed by atoms with Crippen molar-refractivity contribution in [1.29, 1.82) is 0 Å². The molecule has 1 N–H and O–H groups in total. The Morgan fingerprint density at radius 3 is 2.38 bits per heavy atom. The summed E-state index contributed by atoms with van der Waals surface area (Å²) in [6.07, 6.45) is 1.70. The number of benzene rings is 1. The van der Waals surface area contributed by atoms with E-state index in [-0.39, 0.29) is 6.10 Å². The highest BCUT2D eigenvalue weighted by Crippen LogP contribution is 2.22. The van der Waals surface area contributed by atoms with Crippen molar-refractivity contribution < 1.29 is 13.2 Å². The van der Waals surface area contributed by atoms with Crippen LogP contribution in [0.1, 0.15) is 25.3 Å². The second-order valence-electron chi connectivity index (χ2n) is 5.26. The Bertz CT molecular complexity index is 535. The molecule has 0 unspecified atom stereocenters. The van der Waals surface area contributed by atoms with Crippen LogP contribution in [0.2, 0.25) is 0 Å². The largest absolute Gasteiger partial charge is 0.381 e. The summed E-state index contributed by atoms with van der Waals surface area (Å²) in [4.78, 5) is 0.374. The van der Waals surface area contributed by atoms with Crippen molar-refractivity contribution in [1.82, 2.24) is 9.62 Å². The molecular weight excluding hydrogens is 288 g/mol. The summed E-state index contributed by atoms with van der Waals surface area (Å²) in [5.41, 5.74) is 1.09. The van der Waals surface area contributed by atoms with E-state index in [0.717, 1.165) is 31.5 Å². The van der Waals surface area contributed by atoms with E-state index in [1.165, 1.54) is 0 Å². The van der Waals surface area contributed by atoms with Gasteiger partial charge < -0.3 is 10.1 Å². The van der Waals surface area contributed by atoms with Crippen molar-refractivity contribution in [2.45, 2.75) is 37.3 Å². The highest BCUT2D eigenvalue weighted by molar-refractivity contribution is 7.89. The maximum absolute atomic E-state index is 12.6. The quantitative estimate of drug-likeness (QED) is 0.867. The molecule has 0 aliphatic carbocycles. The molecule has 1 aliphatic heterocycles. The molecule has 0 radical (unpaired) electrons. The summed E-state index contributed by atoms with van der Waals surface area (Å²) in [7, 11) is -1.70. The number of sulfonamides is 1. The predicted molar refractivity (Wildman–Crippen MR) is 82.6 cm³/mol. The van der Waals surface area contributed by atoms with E-state index in [1.54, 1.807) is 23.5 Å². The van der Waals surface area contributed by atoms with Gasteiger partial charge in [0.05, 0.1) is 11.0 Å². The average Bonchev–Trinajstić information content (AvgIpc) is 2.53. The number of hydrogen-bond donors (Lipinski definition) is 1. The minimum absolute atomic E-state index is 0.180. The van der Waals surface area contributed by atoms with E-state index < -0.39 is 10.0 Å². The number of rotatable bonds is 6. The maximum Gasteiger partial charge on any atom is 0.243 e. The standard InChI is InChI=1S/C15H24N2O3S/c1-3-16-12-13-4-6-15(7-5-13)21(18,19)17-10-8-14(20-2)9-11-17/h4-7,14,16H,3,8-12H2,1-2H3. The lowest BCUT2D eigenvalue weighted by Gasteiger charge is -2.30. The summed E-state index contributed by atoms with van der Waals surface area (Å²) in [5.74, 6) is 0. The van der Waals surface area contributed by atoms with Crippen LogP contribution in [-0.4, -0.2) is 45.6 Å². The monoisotopic (exact) mass is 312 g/mol. The Kier molecular flexibility index (Phi) is 5.75. The minimum atomic E-state index is -3.37. The number of hydrogen-bond acceptors (Lipinski definition) is 4. The van der Waals surface area contributed by atoms with Gasteiger partial charge in [-0.2, -0.15) is 4.31 Å². The van der Waals surface area contributed by atoms with E-state index in [2.05, 4.69) is 5.32 Å². The minimum Gasteiger partial charge on any atom is -0.381 e. The molecular formula is C15H24N2O3S. The van der Waals surface area contributed by atoms with Crippen LogP contribution in [-0.2, 0) is 21.3 Å². The van der Waals surface area contributed by atoms with Crippen LogP contribution in [0.3, 0.4) is 0 Å². The van der Waals surface area contributed by atoms with Crippen LogP contribution in [0.25, 0.3) is 0 Å². The van der Waals surface area contributed by atoms with Gasteiger partial charge in [-0.1, -0.05) is 19.1 Å².